The first-order valence-electron chi connectivity index (χ1n) is 7.11. The standard InChI is InChI=1S/C18H16N2O/c1-13-5-2-7-15-9-4-10-20(17(13)15)18(21)16-8-3-6-14(11-16)12-19/h2-3,5-8,11H,4,9-10H2,1H3. The third-order valence-electron chi connectivity index (χ3n) is 3.90. The number of carbonyl (C=O) groups excluding carboxylic acids is 1. The molecule has 0 saturated carbocycles. The van der Waals surface area contributed by atoms with Gasteiger partial charge in [-0.3, -0.25) is 4.79 Å². The van der Waals surface area contributed by atoms with E-state index < -0.39 is 0 Å². The summed E-state index contributed by atoms with van der Waals surface area (Å²) in [6.07, 6.45) is 1.99. The molecular formula is C18H16N2O. The zero-order chi connectivity index (χ0) is 14.8. The number of hydrogen-bond acceptors (Lipinski definition) is 2. The van der Waals surface area contributed by atoms with Gasteiger partial charge in [0.05, 0.1) is 17.3 Å². The maximum Gasteiger partial charge on any atom is 0.258 e. The number of benzene rings is 2. The highest BCUT2D eigenvalue weighted by Gasteiger charge is 2.24. The lowest BCUT2D eigenvalue weighted by atomic mass is 9.97. The third-order valence-corrected chi connectivity index (χ3v) is 3.90. The van der Waals surface area contributed by atoms with Crippen molar-refractivity contribution in [1.29, 1.82) is 5.26 Å². The monoisotopic (exact) mass is 276 g/mol. The van der Waals surface area contributed by atoms with Crippen LogP contribution in [0, 0.1) is 18.3 Å². The van der Waals surface area contributed by atoms with Gasteiger partial charge in [0.25, 0.3) is 5.91 Å². The SMILES string of the molecule is Cc1cccc2c1N(C(=O)c1cccc(C#N)c1)CCC2. The Bertz CT molecular complexity index is 743. The smallest absolute Gasteiger partial charge is 0.258 e. The summed E-state index contributed by atoms with van der Waals surface area (Å²) in [4.78, 5) is 14.7. The van der Waals surface area contributed by atoms with E-state index in [1.165, 1.54) is 5.56 Å². The number of para-hydroxylation sites is 1. The molecule has 0 spiro atoms. The molecule has 0 bridgehead atoms. The minimum Gasteiger partial charge on any atom is -0.308 e. The molecule has 1 aliphatic heterocycles. The van der Waals surface area contributed by atoms with E-state index in [4.69, 9.17) is 5.26 Å². The molecule has 21 heavy (non-hydrogen) atoms. The first kappa shape index (κ1) is 13.4. The maximum absolute atomic E-state index is 12.8. The minimum absolute atomic E-state index is 0.0256. The third kappa shape index (κ3) is 2.41. The molecule has 1 heterocycles. The highest BCUT2D eigenvalue weighted by atomic mass is 16.2. The quantitative estimate of drug-likeness (QED) is 0.800. The summed E-state index contributed by atoms with van der Waals surface area (Å²) in [6, 6.07) is 15.2. The number of nitrogens with zero attached hydrogens (tertiary/aromatic N) is 2. The summed E-state index contributed by atoms with van der Waals surface area (Å²) in [5.41, 5.74) is 4.48. The molecule has 104 valence electrons. The summed E-state index contributed by atoms with van der Waals surface area (Å²) in [5.74, 6) is -0.0256. The van der Waals surface area contributed by atoms with Crippen LogP contribution in [0.1, 0.15) is 33.5 Å². The number of nitriles is 1. The second-order valence-electron chi connectivity index (χ2n) is 5.34. The molecule has 0 atom stereocenters. The number of carbonyl (C=O) groups is 1. The summed E-state index contributed by atoms with van der Waals surface area (Å²) in [5, 5.41) is 8.98. The molecule has 0 saturated heterocycles. The van der Waals surface area contributed by atoms with Gasteiger partial charge < -0.3 is 4.90 Å². The Kier molecular flexibility index (Phi) is 3.45. The van der Waals surface area contributed by atoms with E-state index in [9.17, 15) is 4.79 Å². The minimum atomic E-state index is -0.0256. The normalized spacial score (nSPS) is 13.4. The zero-order valence-corrected chi connectivity index (χ0v) is 12.0. The van der Waals surface area contributed by atoms with Gasteiger partial charge in [-0.1, -0.05) is 24.3 Å². The Morgan fingerprint density at radius 2 is 2.05 bits per heavy atom. The predicted octanol–water partition coefficient (Wildman–Crippen LogP) is 3.46. The summed E-state index contributed by atoms with van der Waals surface area (Å²) in [7, 11) is 0. The Morgan fingerprint density at radius 1 is 1.24 bits per heavy atom. The van der Waals surface area contributed by atoms with Gasteiger partial charge in [0.15, 0.2) is 0 Å². The van der Waals surface area contributed by atoms with Gasteiger partial charge in [-0.05, 0) is 49.1 Å². The van der Waals surface area contributed by atoms with E-state index in [0.29, 0.717) is 11.1 Å². The van der Waals surface area contributed by atoms with Crippen molar-refractivity contribution in [2.45, 2.75) is 19.8 Å². The largest absolute Gasteiger partial charge is 0.308 e. The summed E-state index contributed by atoms with van der Waals surface area (Å²) in [6.45, 7) is 2.77. The fourth-order valence-electron chi connectivity index (χ4n) is 2.93. The maximum atomic E-state index is 12.8. The molecule has 2 aromatic rings. The summed E-state index contributed by atoms with van der Waals surface area (Å²) < 4.78 is 0. The van der Waals surface area contributed by atoms with Gasteiger partial charge in [0.1, 0.15) is 0 Å². The van der Waals surface area contributed by atoms with Crippen molar-refractivity contribution in [3.05, 3.63) is 64.7 Å². The van der Waals surface area contributed by atoms with Crippen molar-refractivity contribution in [3.8, 4) is 6.07 Å². The van der Waals surface area contributed by atoms with Crippen molar-refractivity contribution >= 4 is 11.6 Å². The van der Waals surface area contributed by atoms with Crippen LogP contribution in [0.25, 0.3) is 0 Å². The van der Waals surface area contributed by atoms with Crippen LogP contribution >= 0.6 is 0 Å². The van der Waals surface area contributed by atoms with Crippen LogP contribution in [0.5, 0.6) is 0 Å². The van der Waals surface area contributed by atoms with Gasteiger partial charge in [-0.2, -0.15) is 5.26 Å². The van der Waals surface area contributed by atoms with Gasteiger partial charge in [-0.25, -0.2) is 0 Å². The van der Waals surface area contributed by atoms with Crippen LogP contribution in [-0.4, -0.2) is 12.5 Å². The average Bonchev–Trinajstić information content (AvgIpc) is 2.54. The molecule has 0 radical (unpaired) electrons. The molecule has 3 nitrogen and oxygen atoms in total. The molecule has 0 aliphatic carbocycles. The first-order valence-corrected chi connectivity index (χ1v) is 7.11. The van der Waals surface area contributed by atoms with Crippen molar-refractivity contribution in [3.63, 3.8) is 0 Å². The molecular weight excluding hydrogens is 260 g/mol. The van der Waals surface area contributed by atoms with E-state index in [-0.39, 0.29) is 5.91 Å². The van der Waals surface area contributed by atoms with E-state index in [1.54, 1.807) is 24.3 Å². The van der Waals surface area contributed by atoms with Crippen LogP contribution in [0.3, 0.4) is 0 Å². The molecule has 3 rings (SSSR count). The molecule has 0 aromatic heterocycles. The fraction of sp³-hybridized carbons (Fsp3) is 0.222. The van der Waals surface area contributed by atoms with Crippen LogP contribution in [0.15, 0.2) is 42.5 Å². The molecule has 0 unspecified atom stereocenters. The van der Waals surface area contributed by atoms with Gasteiger partial charge >= 0.3 is 0 Å². The highest BCUT2D eigenvalue weighted by molar-refractivity contribution is 6.07. The van der Waals surface area contributed by atoms with E-state index in [1.807, 2.05) is 24.0 Å². The highest BCUT2D eigenvalue weighted by Crippen LogP contribution is 2.31. The number of anilines is 1. The number of aryl methyl sites for hydroxylation is 2. The van der Waals surface area contributed by atoms with E-state index in [0.717, 1.165) is 30.6 Å². The van der Waals surface area contributed by atoms with E-state index >= 15 is 0 Å². The van der Waals surface area contributed by atoms with Crippen LogP contribution in [-0.2, 0) is 6.42 Å². The van der Waals surface area contributed by atoms with Gasteiger partial charge in [0.2, 0.25) is 0 Å². The van der Waals surface area contributed by atoms with Crippen molar-refractivity contribution in [2.24, 2.45) is 0 Å². The Labute approximate surface area is 124 Å². The lowest BCUT2D eigenvalue weighted by Crippen LogP contribution is -2.36. The molecule has 1 amide bonds. The second-order valence-corrected chi connectivity index (χ2v) is 5.34. The Hall–Kier alpha value is -2.60. The first-order chi connectivity index (χ1) is 10.2. The molecule has 0 fully saturated rings. The molecule has 3 heteroatoms. The van der Waals surface area contributed by atoms with Crippen molar-refractivity contribution < 1.29 is 4.79 Å². The lowest BCUT2D eigenvalue weighted by Gasteiger charge is -2.31. The molecule has 0 N–H and O–H groups in total. The van der Waals surface area contributed by atoms with Crippen LogP contribution < -0.4 is 4.90 Å². The van der Waals surface area contributed by atoms with E-state index in [2.05, 4.69) is 12.1 Å². The second kappa shape index (κ2) is 5.41. The van der Waals surface area contributed by atoms with Crippen molar-refractivity contribution in [2.75, 3.05) is 11.4 Å². The van der Waals surface area contributed by atoms with Crippen LogP contribution in [0.4, 0.5) is 5.69 Å². The number of hydrogen-bond donors (Lipinski definition) is 0. The lowest BCUT2D eigenvalue weighted by molar-refractivity contribution is 0.0985. The average molecular weight is 276 g/mol. The Balaban J connectivity index is 2.02. The fourth-order valence-corrected chi connectivity index (χ4v) is 2.93. The number of fused-ring (bicyclic) bond motifs is 1. The molecule has 2 aromatic carbocycles. The zero-order valence-electron chi connectivity index (χ0n) is 12.0. The van der Waals surface area contributed by atoms with Crippen molar-refractivity contribution in [1.82, 2.24) is 0 Å². The number of rotatable bonds is 1. The molecule has 1 aliphatic rings. The predicted molar refractivity (Wildman–Crippen MR) is 82.3 cm³/mol. The van der Waals surface area contributed by atoms with Gasteiger partial charge in [-0.15, -0.1) is 0 Å². The topological polar surface area (TPSA) is 44.1 Å². The van der Waals surface area contributed by atoms with Gasteiger partial charge in [0, 0.05) is 12.1 Å². The summed E-state index contributed by atoms with van der Waals surface area (Å²) >= 11 is 0. The van der Waals surface area contributed by atoms with Crippen LogP contribution in [0.2, 0.25) is 0 Å². The Morgan fingerprint density at radius 3 is 2.86 bits per heavy atom. The number of amides is 1.